The Kier molecular flexibility index (Phi) is 8.05. The molecule has 1 aliphatic heterocycles. The number of carboxylic acid groups (broad SMARTS) is 1. The molecule has 7 heteroatoms. The molecule has 0 aliphatic carbocycles. The van der Waals surface area contributed by atoms with E-state index in [1.165, 1.54) is 11.1 Å². The van der Waals surface area contributed by atoms with Crippen LogP contribution < -0.4 is 4.74 Å². The van der Waals surface area contributed by atoms with Crippen molar-refractivity contribution in [2.24, 2.45) is 0 Å². The number of hydrogen-bond donors (Lipinski definition) is 3. The zero-order valence-electron chi connectivity index (χ0n) is 21.1. The Morgan fingerprint density at radius 3 is 2.47 bits per heavy atom. The van der Waals surface area contributed by atoms with Gasteiger partial charge in [0.1, 0.15) is 16.7 Å². The van der Waals surface area contributed by atoms with Crippen molar-refractivity contribution in [3.63, 3.8) is 0 Å². The third kappa shape index (κ3) is 5.93. The summed E-state index contributed by atoms with van der Waals surface area (Å²) in [7, 11) is -3.26. The Morgan fingerprint density at radius 2 is 1.72 bits per heavy atom. The van der Waals surface area contributed by atoms with Crippen molar-refractivity contribution in [1.29, 1.82) is 0 Å². The molecular weight excluding hydrogens is 474 g/mol. The van der Waals surface area contributed by atoms with Gasteiger partial charge in [0.15, 0.2) is 0 Å². The second-order valence-corrected chi connectivity index (χ2v) is 11.7. The zero-order chi connectivity index (χ0) is 25.9. The quantitative estimate of drug-likeness (QED) is 0.309. The van der Waals surface area contributed by atoms with Crippen LogP contribution in [0.3, 0.4) is 0 Å². The summed E-state index contributed by atoms with van der Waals surface area (Å²) in [6, 6.07) is 21.3. The van der Waals surface area contributed by atoms with E-state index in [4.69, 9.17) is 4.74 Å². The second-order valence-electron chi connectivity index (χ2n) is 9.66. The molecule has 3 aromatic rings. The average molecular weight is 510 g/mol. The summed E-state index contributed by atoms with van der Waals surface area (Å²) < 4.78 is 30.2. The number of rotatable bonds is 8. The second kappa shape index (κ2) is 11.0. The van der Waals surface area contributed by atoms with E-state index >= 15 is 0 Å². The number of carboxylic acids is 1. The summed E-state index contributed by atoms with van der Waals surface area (Å²) in [4.78, 5) is 12.1. The lowest BCUT2D eigenvalue weighted by atomic mass is 9.87. The minimum Gasteiger partial charge on any atom is -0.487 e. The number of para-hydroxylation sites is 1. The maximum absolute atomic E-state index is 11.7. The van der Waals surface area contributed by atoms with E-state index in [9.17, 15) is 19.0 Å². The lowest BCUT2D eigenvalue weighted by Crippen LogP contribution is -2.33. The van der Waals surface area contributed by atoms with E-state index < -0.39 is 16.7 Å². The van der Waals surface area contributed by atoms with E-state index in [2.05, 4.69) is 19.1 Å². The molecule has 192 valence electrons. The van der Waals surface area contributed by atoms with Crippen molar-refractivity contribution >= 4 is 16.7 Å². The fourth-order valence-electron chi connectivity index (χ4n) is 4.84. The summed E-state index contributed by atoms with van der Waals surface area (Å²) in [6.45, 7) is 6.67. The molecule has 0 saturated carbocycles. The molecule has 0 radical (unpaired) electrons. The van der Waals surface area contributed by atoms with Crippen molar-refractivity contribution in [1.82, 2.24) is 4.31 Å². The first-order valence-electron chi connectivity index (χ1n) is 12.3. The standard InChI is InChI=1S/C29H35NO5S/c1-20-8-4-5-9-23(20)14-15-25(17-29(31)32)24-13-12-21(2)26(16-24)19-30-18-22(3)35-27-10-6-7-11-28(27)36(30,33)34/h4-13,16,22,25,33-34H,14-15,17-19H2,1-3H3,(H,31,32)/t22-,25?/m1/s1. The van der Waals surface area contributed by atoms with E-state index in [1.807, 2.05) is 50.2 Å². The topological polar surface area (TPSA) is 90.2 Å². The highest BCUT2D eigenvalue weighted by molar-refractivity contribution is 8.22. The predicted octanol–water partition coefficient (Wildman–Crippen LogP) is 6.80. The van der Waals surface area contributed by atoms with Crippen LogP contribution in [0.15, 0.2) is 71.6 Å². The van der Waals surface area contributed by atoms with E-state index in [-0.39, 0.29) is 18.4 Å². The first-order chi connectivity index (χ1) is 17.1. The highest BCUT2D eigenvalue weighted by atomic mass is 32.3. The first kappa shape index (κ1) is 26.2. The molecule has 0 saturated heterocycles. The number of fused-ring (bicyclic) bond motifs is 1. The number of carbonyl (C=O) groups is 1. The van der Waals surface area contributed by atoms with Crippen molar-refractivity contribution in [2.75, 3.05) is 6.54 Å². The maximum atomic E-state index is 11.7. The van der Waals surface area contributed by atoms with Crippen LogP contribution in [0.1, 0.15) is 53.5 Å². The van der Waals surface area contributed by atoms with Gasteiger partial charge in [-0.05, 0) is 79.5 Å². The van der Waals surface area contributed by atoms with E-state index in [0.29, 0.717) is 23.7 Å². The minimum absolute atomic E-state index is 0.0472. The fourth-order valence-corrected chi connectivity index (χ4v) is 6.50. The Bertz CT molecular complexity index is 1230. The molecule has 2 atom stereocenters. The molecule has 0 amide bonds. The lowest BCUT2D eigenvalue weighted by molar-refractivity contribution is -0.137. The smallest absolute Gasteiger partial charge is 0.303 e. The largest absolute Gasteiger partial charge is 0.487 e. The number of benzene rings is 3. The summed E-state index contributed by atoms with van der Waals surface area (Å²) >= 11 is 0. The van der Waals surface area contributed by atoms with Gasteiger partial charge in [-0.1, -0.05) is 54.6 Å². The summed E-state index contributed by atoms with van der Waals surface area (Å²) in [5.41, 5.74) is 5.37. The molecule has 1 heterocycles. The van der Waals surface area contributed by atoms with Crippen LogP contribution >= 0.6 is 10.8 Å². The fraction of sp³-hybridized carbons (Fsp3) is 0.345. The highest BCUT2D eigenvalue weighted by Crippen LogP contribution is 2.57. The molecule has 1 unspecified atom stereocenters. The Morgan fingerprint density at radius 1 is 1.03 bits per heavy atom. The number of aliphatic carboxylic acids is 1. The number of hydrogen-bond acceptors (Lipinski definition) is 5. The van der Waals surface area contributed by atoms with Crippen LogP contribution in [-0.2, 0) is 17.8 Å². The van der Waals surface area contributed by atoms with Crippen molar-refractivity contribution in [3.05, 3.63) is 94.5 Å². The molecule has 0 aromatic heterocycles. The molecular formula is C29H35NO5S. The van der Waals surface area contributed by atoms with E-state index in [0.717, 1.165) is 29.5 Å². The number of aryl methyl sites for hydroxylation is 3. The van der Waals surface area contributed by atoms with Crippen LogP contribution in [0.2, 0.25) is 0 Å². The van der Waals surface area contributed by atoms with E-state index in [1.54, 1.807) is 22.5 Å². The van der Waals surface area contributed by atoms with Crippen molar-refractivity contribution in [3.8, 4) is 5.75 Å². The molecule has 3 aromatic carbocycles. The van der Waals surface area contributed by atoms with Gasteiger partial charge in [-0.25, -0.2) is 0 Å². The number of ether oxygens (including phenoxy) is 1. The van der Waals surface area contributed by atoms with Gasteiger partial charge in [-0.3, -0.25) is 13.9 Å². The average Bonchev–Trinajstić information content (AvgIpc) is 2.92. The van der Waals surface area contributed by atoms with Gasteiger partial charge in [-0.2, -0.15) is 4.31 Å². The molecule has 0 fully saturated rings. The molecule has 6 nitrogen and oxygen atoms in total. The van der Waals surface area contributed by atoms with Gasteiger partial charge < -0.3 is 9.84 Å². The molecule has 0 spiro atoms. The zero-order valence-corrected chi connectivity index (χ0v) is 21.9. The minimum atomic E-state index is -3.26. The molecule has 3 N–H and O–H groups in total. The summed E-state index contributed by atoms with van der Waals surface area (Å²) in [5, 5.41) is 9.62. The normalized spacial score (nSPS) is 19.0. The molecule has 36 heavy (non-hydrogen) atoms. The third-order valence-corrected chi connectivity index (χ3v) is 8.85. The molecule has 1 aliphatic rings. The Hall–Kier alpha value is -2.84. The highest BCUT2D eigenvalue weighted by Gasteiger charge is 2.34. The molecule has 0 bridgehead atoms. The first-order valence-corrected chi connectivity index (χ1v) is 13.8. The third-order valence-electron chi connectivity index (χ3n) is 6.93. The van der Waals surface area contributed by atoms with Crippen molar-refractivity contribution in [2.45, 2.75) is 63.5 Å². The van der Waals surface area contributed by atoms with Crippen LogP contribution in [-0.4, -0.2) is 37.1 Å². The Labute approximate surface area is 215 Å². The summed E-state index contributed by atoms with van der Waals surface area (Å²) in [5.74, 6) is -0.471. The van der Waals surface area contributed by atoms with Crippen LogP contribution in [0.25, 0.3) is 0 Å². The maximum Gasteiger partial charge on any atom is 0.303 e. The van der Waals surface area contributed by atoms with Crippen LogP contribution in [0.4, 0.5) is 0 Å². The van der Waals surface area contributed by atoms with Gasteiger partial charge in [0, 0.05) is 6.54 Å². The van der Waals surface area contributed by atoms with Crippen molar-refractivity contribution < 1.29 is 23.7 Å². The predicted molar refractivity (Wildman–Crippen MR) is 144 cm³/mol. The van der Waals surface area contributed by atoms with Crippen LogP contribution in [0.5, 0.6) is 5.75 Å². The van der Waals surface area contributed by atoms with Crippen LogP contribution in [0, 0.1) is 13.8 Å². The summed E-state index contributed by atoms with van der Waals surface area (Å²) in [6.07, 6.45) is 1.34. The van der Waals surface area contributed by atoms with Gasteiger partial charge in [0.2, 0.25) is 0 Å². The van der Waals surface area contributed by atoms with Gasteiger partial charge in [-0.15, -0.1) is 10.8 Å². The lowest BCUT2D eigenvalue weighted by Gasteiger charge is -2.42. The number of nitrogens with zero attached hydrogens (tertiary/aromatic N) is 1. The molecule has 4 rings (SSSR count). The SMILES string of the molecule is Cc1ccccc1CCC(CC(=O)O)c1ccc(C)c(CN2C[C@@H](C)Oc3ccccc3S2(O)O)c1. The Balaban J connectivity index is 1.61. The van der Waals surface area contributed by atoms with Gasteiger partial charge in [0.25, 0.3) is 0 Å². The van der Waals surface area contributed by atoms with Gasteiger partial charge in [0.05, 0.1) is 13.0 Å². The van der Waals surface area contributed by atoms with Gasteiger partial charge >= 0.3 is 5.97 Å². The monoisotopic (exact) mass is 509 g/mol.